The summed E-state index contributed by atoms with van der Waals surface area (Å²) in [6.07, 6.45) is 0. The number of rotatable bonds is 2. The van der Waals surface area contributed by atoms with E-state index in [1.54, 1.807) is 30.1 Å². The van der Waals surface area contributed by atoms with Crippen LogP contribution in [0.3, 0.4) is 0 Å². The first-order chi connectivity index (χ1) is 10.2. The van der Waals surface area contributed by atoms with Gasteiger partial charge in [0.05, 0.1) is 17.1 Å². The van der Waals surface area contributed by atoms with Gasteiger partial charge < -0.3 is 4.90 Å². The number of hydrogen-bond acceptors (Lipinski definition) is 3. The van der Waals surface area contributed by atoms with Gasteiger partial charge >= 0.3 is 0 Å². The third-order valence-corrected chi connectivity index (χ3v) is 3.36. The van der Waals surface area contributed by atoms with Gasteiger partial charge in [0.2, 0.25) is 0 Å². The quantitative estimate of drug-likeness (QED) is 0.710. The van der Waals surface area contributed by atoms with Crippen LogP contribution in [0.1, 0.15) is 5.56 Å². The van der Waals surface area contributed by atoms with Crippen LogP contribution in [-0.4, -0.2) is 12.0 Å². The average Bonchev–Trinajstić information content (AvgIpc) is 2.53. The normalized spacial score (nSPS) is 10.3. The number of halogens is 1. The number of hydrogen-bond donors (Lipinski definition) is 0. The van der Waals surface area contributed by atoms with Crippen LogP contribution >= 0.6 is 0 Å². The van der Waals surface area contributed by atoms with E-state index < -0.39 is 0 Å². The van der Waals surface area contributed by atoms with Crippen LogP contribution in [0.2, 0.25) is 0 Å². The molecule has 2 aromatic carbocycles. The number of para-hydroxylation sites is 1. The minimum atomic E-state index is -0.305. The standard InChI is InChI=1S/C17H12FN3/c1-21(14-6-4-5-13(18)10-14)17-9-12(11-19)15-7-2-3-8-16(15)20-17/h2-10H,1H3. The van der Waals surface area contributed by atoms with Crippen molar-refractivity contribution in [3.8, 4) is 6.07 Å². The third-order valence-electron chi connectivity index (χ3n) is 3.36. The Labute approximate surface area is 121 Å². The number of fused-ring (bicyclic) bond motifs is 1. The minimum absolute atomic E-state index is 0.305. The van der Waals surface area contributed by atoms with Crippen molar-refractivity contribution in [1.82, 2.24) is 4.98 Å². The molecule has 0 saturated heterocycles. The van der Waals surface area contributed by atoms with Crippen molar-refractivity contribution in [2.75, 3.05) is 11.9 Å². The van der Waals surface area contributed by atoms with Gasteiger partial charge in [0, 0.05) is 18.1 Å². The van der Waals surface area contributed by atoms with Crippen molar-refractivity contribution in [1.29, 1.82) is 5.26 Å². The van der Waals surface area contributed by atoms with E-state index in [0.29, 0.717) is 17.1 Å². The van der Waals surface area contributed by atoms with Crippen LogP contribution in [0, 0.1) is 17.1 Å². The van der Waals surface area contributed by atoms with Crippen LogP contribution < -0.4 is 4.90 Å². The molecule has 0 aliphatic rings. The van der Waals surface area contributed by atoms with Crippen LogP contribution in [-0.2, 0) is 0 Å². The highest BCUT2D eigenvalue weighted by molar-refractivity contribution is 5.87. The predicted molar refractivity (Wildman–Crippen MR) is 80.9 cm³/mol. The van der Waals surface area contributed by atoms with Crippen LogP contribution in [0.4, 0.5) is 15.9 Å². The van der Waals surface area contributed by atoms with Crippen molar-refractivity contribution in [2.24, 2.45) is 0 Å². The molecule has 102 valence electrons. The largest absolute Gasteiger partial charge is 0.329 e. The Morgan fingerprint density at radius 1 is 1.10 bits per heavy atom. The molecule has 0 spiro atoms. The fourth-order valence-electron chi connectivity index (χ4n) is 2.24. The average molecular weight is 277 g/mol. The molecule has 3 nitrogen and oxygen atoms in total. The summed E-state index contributed by atoms with van der Waals surface area (Å²) in [5, 5.41) is 10.1. The number of anilines is 2. The smallest absolute Gasteiger partial charge is 0.134 e. The number of aromatic nitrogens is 1. The van der Waals surface area contributed by atoms with Crippen LogP contribution in [0.25, 0.3) is 10.9 Å². The van der Waals surface area contributed by atoms with Crippen molar-refractivity contribution in [2.45, 2.75) is 0 Å². The molecule has 4 heteroatoms. The summed E-state index contributed by atoms with van der Waals surface area (Å²) in [5.41, 5.74) is 1.98. The van der Waals surface area contributed by atoms with Gasteiger partial charge in [0.15, 0.2) is 0 Å². The van der Waals surface area contributed by atoms with Crippen molar-refractivity contribution < 1.29 is 4.39 Å². The molecule has 0 saturated carbocycles. The van der Waals surface area contributed by atoms with Crippen LogP contribution in [0.15, 0.2) is 54.6 Å². The highest BCUT2D eigenvalue weighted by atomic mass is 19.1. The molecular formula is C17H12FN3. The monoisotopic (exact) mass is 277 g/mol. The second-order valence-corrected chi connectivity index (χ2v) is 4.70. The van der Waals surface area contributed by atoms with Gasteiger partial charge in [-0.2, -0.15) is 5.26 Å². The highest BCUT2D eigenvalue weighted by Gasteiger charge is 2.10. The van der Waals surface area contributed by atoms with Gasteiger partial charge in [0.1, 0.15) is 11.6 Å². The number of nitrogens with zero attached hydrogens (tertiary/aromatic N) is 3. The lowest BCUT2D eigenvalue weighted by Gasteiger charge is -2.19. The molecule has 0 N–H and O–H groups in total. The maximum absolute atomic E-state index is 13.3. The van der Waals surface area contributed by atoms with Crippen molar-refractivity contribution in [3.63, 3.8) is 0 Å². The summed E-state index contributed by atoms with van der Waals surface area (Å²) in [6, 6.07) is 17.7. The topological polar surface area (TPSA) is 39.9 Å². The fraction of sp³-hybridized carbons (Fsp3) is 0.0588. The Morgan fingerprint density at radius 2 is 1.90 bits per heavy atom. The lowest BCUT2D eigenvalue weighted by Crippen LogP contribution is -2.11. The molecule has 21 heavy (non-hydrogen) atoms. The van der Waals surface area contributed by atoms with Gasteiger partial charge in [-0.05, 0) is 30.3 Å². The van der Waals surface area contributed by atoms with Gasteiger partial charge in [-0.15, -0.1) is 0 Å². The zero-order chi connectivity index (χ0) is 14.8. The SMILES string of the molecule is CN(c1cccc(F)c1)c1cc(C#N)c2ccccc2n1. The van der Waals surface area contributed by atoms with E-state index in [9.17, 15) is 9.65 Å². The first kappa shape index (κ1) is 13.1. The summed E-state index contributed by atoms with van der Waals surface area (Å²) in [4.78, 5) is 6.30. The number of benzene rings is 2. The van der Waals surface area contributed by atoms with E-state index in [2.05, 4.69) is 11.1 Å². The first-order valence-electron chi connectivity index (χ1n) is 6.48. The van der Waals surface area contributed by atoms with E-state index in [1.807, 2.05) is 24.3 Å². The predicted octanol–water partition coefficient (Wildman–Crippen LogP) is 4.01. The minimum Gasteiger partial charge on any atom is -0.329 e. The summed E-state index contributed by atoms with van der Waals surface area (Å²) in [6.45, 7) is 0. The summed E-state index contributed by atoms with van der Waals surface area (Å²) < 4.78 is 13.3. The molecular weight excluding hydrogens is 265 g/mol. The summed E-state index contributed by atoms with van der Waals surface area (Å²) >= 11 is 0. The molecule has 1 aromatic heterocycles. The van der Waals surface area contributed by atoms with Gasteiger partial charge in [-0.25, -0.2) is 9.37 Å². The second-order valence-electron chi connectivity index (χ2n) is 4.70. The number of pyridine rings is 1. The van der Waals surface area contributed by atoms with Crippen molar-refractivity contribution >= 4 is 22.4 Å². The molecule has 3 aromatic rings. The number of nitriles is 1. The Bertz CT molecular complexity index is 852. The third kappa shape index (κ3) is 2.41. The first-order valence-corrected chi connectivity index (χ1v) is 6.48. The molecule has 0 unspecified atom stereocenters. The summed E-state index contributed by atoms with van der Waals surface area (Å²) in [5.74, 6) is 0.302. The van der Waals surface area contributed by atoms with E-state index in [1.165, 1.54) is 12.1 Å². The Hall–Kier alpha value is -2.93. The van der Waals surface area contributed by atoms with Gasteiger partial charge in [-0.1, -0.05) is 24.3 Å². The highest BCUT2D eigenvalue weighted by Crippen LogP contribution is 2.26. The lowest BCUT2D eigenvalue weighted by atomic mass is 10.1. The van der Waals surface area contributed by atoms with Gasteiger partial charge in [-0.3, -0.25) is 0 Å². The molecule has 0 aliphatic carbocycles. The zero-order valence-corrected chi connectivity index (χ0v) is 11.4. The van der Waals surface area contributed by atoms with E-state index in [-0.39, 0.29) is 5.82 Å². The zero-order valence-electron chi connectivity index (χ0n) is 11.4. The van der Waals surface area contributed by atoms with E-state index in [0.717, 1.165) is 10.9 Å². The fourth-order valence-corrected chi connectivity index (χ4v) is 2.24. The molecule has 0 atom stereocenters. The van der Waals surface area contributed by atoms with E-state index >= 15 is 0 Å². The van der Waals surface area contributed by atoms with Crippen molar-refractivity contribution in [3.05, 3.63) is 66.0 Å². The van der Waals surface area contributed by atoms with Gasteiger partial charge in [0.25, 0.3) is 0 Å². The second kappa shape index (κ2) is 5.22. The molecule has 0 radical (unpaired) electrons. The Kier molecular flexibility index (Phi) is 3.25. The Morgan fingerprint density at radius 3 is 2.67 bits per heavy atom. The maximum atomic E-state index is 13.3. The Balaban J connectivity index is 2.14. The van der Waals surface area contributed by atoms with Crippen LogP contribution in [0.5, 0.6) is 0 Å². The molecule has 0 fully saturated rings. The maximum Gasteiger partial charge on any atom is 0.134 e. The lowest BCUT2D eigenvalue weighted by molar-refractivity contribution is 0.628. The molecule has 3 rings (SSSR count). The molecule has 1 heterocycles. The molecule has 0 amide bonds. The summed E-state index contributed by atoms with van der Waals surface area (Å²) in [7, 11) is 1.80. The van der Waals surface area contributed by atoms with E-state index in [4.69, 9.17) is 0 Å². The molecule has 0 bridgehead atoms. The molecule has 0 aliphatic heterocycles.